The molecule has 1 fully saturated rings. The smallest absolute Gasteiger partial charge is 0.223 e. The van der Waals surface area contributed by atoms with E-state index in [9.17, 15) is 4.79 Å². The Bertz CT molecular complexity index is 464. The molecule has 2 unspecified atom stereocenters. The van der Waals surface area contributed by atoms with Gasteiger partial charge in [-0.15, -0.1) is 0 Å². The maximum Gasteiger partial charge on any atom is 0.223 e. The van der Waals surface area contributed by atoms with Gasteiger partial charge in [0.25, 0.3) is 0 Å². The summed E-state index contributed by atoms with van der Waals surface area (Å²) in [5, 5.41) is 3.80. The molecule has 0 saturated heterocycles. The first-order chi connectivity index (χ1) is 9.61. The monoisotopic (exact) mass is 294 g/mol. The van der Waals surface area contributed by atoms with Crippen molar-refractivity contribution < 1.29 is 4.79 Å². The van der Waals surface area contributed by atoms with Crippen molar-refractivity contribution >= 4 is 17.5 Å². The molecule has 1 amide bonds. The average molecular weight is 295 g/mol. The number of carbonyl (C=O) groups is 1. The fourth-order valence-corrected chi connectivity index (χ4v) is 3.21. The second-order valence-electron chi connectivity index (χ2n) is 5.67. The molecule has 1 aliphatic carbocycles. The lowest BCUT2D eigenvalue weighted by atomic mass is 9.78. The van der Waals surface area contributed by atoms with Crippen molar-refractivity contribution in [2.45, 2.75) is 38.6 Å². The molecule has 3 atom stereocenters. The van der Waals surface area contributed by atoms with E-state index in [1.165, 1.54) is 6.42 Å². The van der Waals surface area contributed by atoms with Crippen LogP contribution in [-0.2, 0) is 4.79 Å². The minimum atomic E-state index is -0.0263. The van der Waals surface area contributed by atoms with Crippen LogP contribution in [0.15, 0.2) is 24.3 Å². The van der Waals surface area contributed by atoms with Gasteiger partial charge < -0.3 is 11.1 Å². The van der Waals surface area contributed by atoms with Gasteiger partial charge in [-0.25, -0.2) is 0 Å². The van der Waals surface area contributed by atoms with Gasteiger partial charge in [0.2, 0.25) is 5.91 Å². The number of rotatable bonds is 4. The van der Waals surface area contributed by atoms with Crippen molar-refractivity contribution in [2.75, 3.05) is 6.54 Å². The van der Waals surface area contributed by atoms with Gasteiger partial charge in [0.05, 0.1) is 6.04 Å². The van der Waals surface area contributed by atoms with Crippen LogP contribution in [0, 0.1) is 11.8 Å². The van der Waals surface area contributed by atoms with Crippen molar-refractivity contribution in [3.8, 4) is 0 Å². The highest BCUT2D eigenvalue weighted by molar-refractivity contribution is 6.30. The fourth-order valence-electron chi connectivity index (χ4n) is 3.01. The Kier molecular flexibility index (Phi) is 5.44. The first-order valence-electron chi connectivity index (χ1n) is 7.37. The molecule has 1 aromatic rings. The van der Waals surface area contributed by atoms with Crippen LogP contribution in [0.1, 0.15) is 44.2 Å². The Balaban J connectivity index is 1.99. The Morgan fingerprint density at radius 3 is 2.90 bits per heavy atom. The SMILES string of the molecule is C[C@@H](NC(=O)C1CCCCC1CN)c1cccc(Cl)c1. The second-order valence-corrected chi connectivity index (χ2v) is 6.11. The highest BCUT2D eigenvalue weighted by Crippen LogP contribution is 2.30. The van der Waals surface area contributed by atoms with Gasteiger partial charge in [-0.05, 0) is 49.9 Å². The molecule has 2 rings (SSSR count). The fraction of sp³-hybridized carbons (Fsp3) is 0.562. The van der Waals surface area contributed by atoms with Crippen LogP contribution in [0.5, 0.6) is 0 Å². The predicted octanol–water partition coefficient (Wildman–Crippen LogP) is 3.28. The van der Waals surface area contributed by atoms with Gasteiger partial charge in [-0.2, -0.15) is 0 Å². The summed E-state index contributed by atoms with van der Waals surface area (Å²) in [6.07, 6.45) is 4.34. The molecule has 0 radical (unpaired) electrons. The van der Waals surface area contributed by atoms with Crippen molar-refractivity contribution in [3.63, 3.8) is 0 Å². The highest BCUT2D eigenvalue weighted by atomic mass is 35.5. The predicted molar refractivity (Wildman–Crippen MR) is 82.5 cm³/mol. The van der Waals surface area contributed by atoms with E-state index < -0.39 is 0 Å². The maximum absolute atomic E-state index is 12.4. The van der Waals surface area contributed by atoms with E-state index in [2.05, 4.69) is 5.32 Å². The molecule has 110 valence electrons. The van der Waals surface area contributed by atoms with Crippen LogP contribution in [0.25, 0.3) is 0 Å². The third kappa shape index (κ3) is 3.74. The third-order valence-electron chi connectivity index (χ3n) is 4.26. The van der Waals surface area contributed by atoms with Gasteiger partial charge >= 0.3 is 0 Å². The first-order valence-corrected chi connectivity index (χ1v) is 7.75. The van der Waals surface area contributed by atoms with E-state index >= 15 is 0 Å². The number of hydrogen-bond donors (Lipinski definition) is 2. The molecule has 3 N–H and O–H groups in total. The lowest BCUT2D eigenvalue weighted by Gasteiger charge is -2.30. The highest BCUT2D eigenvalue weighted by Gasteiger charge is 2.30. The van der Waals surface area contributed by atoms with Crippen molar-refractivity contribution in [1.29, 1.82) is 0 Å². The minimum Gasteiger partial charge on any atom is -0.349 e. The van der Waals surface area contributed by atoms with E-state index in [1.807, 2.05) is 31.2 Å². The topological polar surface area (TPSA) is 55.1 Å². The molecular formula is C16H23ClN2O. The number of hydrogen-bond acceptors (Lipinski definition) is 2. The zero-order valence-corrected chi connectivity index (χ0v) is 12.7. The average Bonchev–Trinajstić information content (AvgIpc) is 2.47. The molecule has 0 bridgehead atoms. The number of halogens is 1. The van der Waals surface area contributed by atoms with E-state index in [1.54, 1.807) is 0 Å². The second kappa shape index (κ2) is 7.09. The van der Waals surface area contributed by atoms with Gasteiger partial charge in [0.1, 0.15) is 0 Å². The summed E-state index contributed by atoms with van der Waals surface area (Å²) in [6.45, 7) is 2.59. The minimum absolute atomic E-state index is 0.0263. The number of nitrogens with one attached hydrogen (secondary N) is 1. The summed E-state index contributed by atoms with van der Waals surface area (Å²) in [5.74, 6) is 0.526. The molecule has 1 saturated carbocycles. The van der Waals surface area contributed by atoms with Crippen molar-refractivity contribution in [2.24, 2.45) is 17.6 Å². The number of carbonyl (C=O) groups excluding carboxylic acids is 1. The van der Waals surface area contributed by atoms with Crippen molar-refractivity contribution in [3.05, 3.63) is 34.9 Å². The molecular weight excluding hydrogens is 272 g/mol. The van der Waals surface area contributed by atoms with E-state index in [-0.39, 0.29) is 17.9 Å². The lowest BCUT2D eigenvalue weighted by molar-refractivity contribution is -0.128. The van der Waals surface area contributed by atoms with Gasteiger partial charge in [-0.3, -0.25) is 4.79 Å². The summed E-state index contributed by atoms with van der Waals surface area (Å²) in [4.78, 5) is 12.4. The molecule has 0 aliphatic heterocycles. The molecule has 1 aromatic carbocycles. The van der Waals surface area contributed by atoms with Gasteiger partial charge in [-0.1, -0.05) is 36.6 Å². The summed E-state index contributed by atoms with van der Waals surface area (Å²) >= 11 is 5.99. The zero-order chi connectivity index (χ0) is 14.5. The van der Waals surface area contributed by atoms with Crippen LogP contribution in [-0.4, -0.2) is 12.5 Å². The summed E-state index contributed by atoms with van der Waals surface area (Å²) in [6, 6.07) is 7.60. The first kappa shape index (κ1) is 15.3. The Morgan fingerprint density at radius 2 is 2.20 bits per heavy atom. The third-order valence-corrected chi connectivity index (χ3v) is 4.49. The quantitative estimate of drug-likeness (QED) is 0.895. The number of nitrogens with two attached hydrogens (primary N) is 1. The molecule has 20 heavy (non-hydrogen) atoms. The molecule has 3 nitrogen and oxygen atoms in total. The number of benzene rings is 1. The van der Waals surface area contributed by atoms with Crippen LogP contribution < -0.4 is 11.1 Å². The van der Waals surface area contributed by atoms with Crippen molar-refractivity contribution in [1.82, 2.24) is 5.32 Å². The number of amides is 1. The Hall–Kier alpha value is -1.06. The zero-order valence-electron chi connectivity index (χ0n) is 11.9. The van der Waals surface area contributed by atoms with E-state index in [0.717, 1.165) is 24.8 Å². The lowest BCUT2D eigenvalue weighted by Crippen LogP contribution is -2.40. The normalized spacial score (nSPS) is 24.1. The summed E-state index contributed by atoms with van der Waals surface area (Å²) in [7, 11) is 0. The van der Waals surface area contributed by atoms with Crippen LogP contribution >= 0.6 is 11.6 Å². The molecule has 4 heteroatoms. The van der Waals surface area contributed by atoms with Gasteiger partial charge in [0, 0.05) is 10.9 Å². The van der Waals surface area contributed by atoms with Crippen LogP contribution in [0.4, 0.5) is 0 Å². The molecule has 1 aliphatic rings. The van der Waals surface area contributed by atoms with Gasteiger partial charge in [0.15, 0.2) is 0 Å². The summed E-state index contributed by atoms with van der Waals surface area (Å²) < 4.78 is 0. The Labute approximate surface area is 125 Å². The van der Waals surface area contributed by atoms with Crippen LogP contribution in [0.2, 0.25) is 5.02 Å². The standard InChI is InChI=1S/C16H23ClN2O/c1-11(12-6-4-7-14(17)9-12)19-16(20)15-8-3-2-5-13(15)10-18/h4,6-7,9,11,13,15H,2-3,5,8,10,18H2,1H3,(H,19,20)/t11-,13?,15?/m1/s1. The molecule has 0 spiro atoms. The van der Waals surface area contributed by atoms with E-state index in [0.29, 0.717) is 17.5 Å². The Morgan fingerprint density at radius 1 is 1.45 bits per heavy atom. The molecule has 0 heterocycles. The van der Waals surface area contributed by atoms with E-state index in [4.69, 9.17) is 17.3 Å². The molecule has 0 aromatic heterocycles. The summed E-state index contributed by atoms with van der Waals surface area (Å²) in [5.41, 5.74) is 6.83. The largest absolute Gasteiger partial charge is 0.349 e. The maximum atomic E-state index is 12.4. The van der Waals surface area contributed by atoms with Crippen LogP contribution in [0.3, 0.4) is 0 Å².